The van der Waals surface area contributed by atoms with Crippen molar-refractivity contribution in [2.24, 2.45) is 10.9 Å². The molecule has 0 bridgehead atoms. The van der Waals surface area contributed by atoms with Gasteiger partial charge in [0.15, 0.2) is 12.4 Å². The molecule has 7 nitrogen and oxygen atoms in total. The first-order chi connectivity index (χ1) is 10.2. The number of nitrogens with zero attached hydrogens (tertiary/aromatic N) is 3. The van der Waals surface area contributed by atoms with Crippen molar-refractivity contribution in [3.8, 4) is 0 Å². The number of nitrogens with two attached hydrogens (primary N) is 1. The molecule has 2 rings (SSSR count). The zero-order chi connectivity index (χ0) is 15.1. The number of hydrogen-bond donors (Lipinski definition) is 1. The Morgan fingerprint density at radius 2 is 2.14 bits per heavy atom. The van der Waals surface area contributed by atoms with Crippen LogP contribution in [0.15, 0.2) is 66.0 Å². The van der Waals surface area contributed by atoms with E-state index in [1.807, 2.05) is 12.2 Å². The Kier molecular flexibility index (Phi) is 4.94. The van der Waals surface area contributed by atoms with Crippen molar-refractivity contribution in [1.82, 2.24) is 4.90 Å². The van der Waals surface area contributed by atoms with Crippen LogP contribution in [0.4, 0.5) is 0 Å². The number of aromatic nitrogens is 1. The van der Waals surface area contributed by atoms with Gasteiger partial charge in [-0.25, -0.2) is 0 Å². The second-order valence-electron chi connectivity index (χ2n) is 4.26. The first-order valence-electron chi connectivity index (χ1n) is 6.21. The number of allylic oxidation sites excluding steroid dienone is 3. The summed E-state index contributed by atoms with van der Waals surface area (Å²) in [5, 5.41) is 2.76. The van der Waals surface area contributed by atoms with Crippen molar-refractivity contribution in [3.63, 3.8) is 0 Å². The van der Waals surface area contributed by atoms with Crippen LogP contribution < -0.4 is 10.3 Å². The van der Waals surface area contributed by atoms with Crippen LogP contribution in [0, 0.1) is 4.91 Å². The Hall–Kier alpha value is -2.80. The van der Waals surface area contributed by atoms with Crippen molar-refractivity contribution < 1.29 is 14.1 Å². The molecule has 0 fully saturated rings. The van der Waals surface area contributed by atoms with Crippen LogP contribution >= 0.6 is 0 Å². The summed E-state index contributed by atoms with van der Waals surface area (Å²) >= 11 is 0. The smallest absolute Gasteiger partial charge is 0.254 e. The van der Waals surface area contributed by atoms with Gasteiger partial charge in [0.1, 0.15) is 6.73 Å². The lowest BCUT2D eigenvalue weighted by atomic mass is 10.2. The van der Waals surface area contributed by atoms with Gasteiger partial charge in [-0.05, 0) is 17.3 Å². The molecular formula is C14H15N4O3+. The Balaban J connectivity index is 1.87. The van der Waals surface area contributed by atoms with Crippen LogP contribution in [0.1, 0.15) is 10.4 Å². The van der Waals surface area contributed by atoms with Crippen molar-refractivity contribution in [2.45, 2.75) is 6.73 Å². The molecule has 21 heavy (non-hydrogen) atoms. The van der Waals surface area contributed by atoms with Crippen LogP contribution in [0.25, 0.3) is 0 Å². The molecule has 108 valence electrons. The fraction of sp³-hybridized carbons (Fsp3) is 0.143. The van der Waals surface area contributed by atoms with Gasteiger partial charge in [0.2, 0.25) is 5.91 Å². The fourth-order valence-corrected chi connectivity index (χ4v) is 1.73. The zero-order valence-corrected chi connectivity index (χ0v) is 11.3. The lowest BCUT2D eigenvalue weighted by Gasteiger charge is -2.21. The molecule has 0 saturated carbocycles. The molecule has 1 aliphatic heterocycles. The second-order valence-corrected chi connectivity index (χ2v) is 4.26. The third-order valence-corrected chi connectivity index (χ3v) is 2.81. The molecule has 0 saturated heterocycles. The number of ether oxygens (including phenoxy) is 1. The van der Waals surface area contributed by atoms with E-state index in [1.54, 1.807) is 46.3 Å². The van der Waals surface area contributed by atoms with Crippen molar-refractivity contribution >= 4 is 5.91 Å². The van der Waals surface area contributed by atoms with E-state index in [-0.39, 0.29) is 6.73 Å². The molecule has 0 spiro atoms. The third-order valence-electron chi connectivity index (χ3n) is 2.81. The summed E-state index contributed by atoms with van der Waals surface area (Å²) in [4.78, 5) is 23.0. The van der Waals surface area contributed by atoms with E-state index in [2.05, 4.69) is 5.18 Å². The standard InChI is InChI=1S/C14H14N4O3/c15-14(19)12-4-7-17(8-5-12)10-21-11-18-6-2-1-3-13(18)9-16-20/h1-9H,10-11H2,(H-,15,19)/p+1/b13-9+/i9+2. The molecule has 1 aromatic heterocycles. The molecule has 1 amide bonds. The van der Waals surface area contributed by atoms with Gasteiger partial charge in [-0.2, -0.15) is 4.57 Å². The number of hydrogen-bond acceptors (Lipinski definition) is 5. The highest BCUT2D eigenvalue weighted by atomic mass is 16.5. The van der Waals surface area contributed by atoms with Gasteiger partial charge in [0.25, 0.3) is 6.73 Å². The minimum Gasteiger partial charge on any atom is -0.366 e. The van der Waals surface area contributed by atoms with Crippen LogP contribution in [0.3, 0.4) is 0 Å². The maximum Gasteiger partial charge on any atom is 0.254 e. The molecular weight excluding hydrogens is 274 g/mol. The summed E-state index contributed by atoms with van der Waals surface area (Å²) in [5.41, 5.74) is 6.26. The zero-order valence-electron chi connectivity index (χ0n) is 11.3. The van der Waals surface area contributed by atoms with E-state index >= 15 is 0 Å². The predicted octanol–water partition coefficient (Wildman–Crippen LogP) is 0.998. The fourth-order valence-electron chi connectivity index (χ4n) is 1.73. The number of primary amides is 1. The summed E-state index contributed by atoms with van der Waals surface area (Å²) in [6.45, 7) is 0.571. The molecule has 7 heteroatoms. The van der Waals surface area contributed by atoms with Crippen molar-refractivity contribution in [3.05, 3.63) is 71.3 Å². The Labute approximate surface area is 121 Å². The van der Waals surface area contributed by atoms with Gasteiger partial charge in [-0.15, -0.1) is 4.91 Å². The van der Waals surface area contributed by atoms with Gasteiger partial charge in [-0.1, -0.05) is 6.08 Å². The first-order valence-corrected chi connectivity index (χ1v) is 6.21. The summed E-state index contributed by atoms with van der Waals surface area (Å²) in [5.74, 6) is -0.468. The van der Waals surface area contributed by atoms with Gasteiger partial charge in [0, 0.05) is 18.3 Å². The molecule has 2 N–H and O–H groups in total. The minimum atomic E-state index is -0.468. The van der Waals surface area contributed by atoms with Crippen molar-refractivity contribution in [2.75, 3.05) is 6.73 Å². The van der Waals surface area contributed by atoms with E-state index in [4.69, 9.17) is 10.5 Å². The van der Waals surface area contributed by atoms with E-state index in [1.165, 1.54) is 6.20 Å². The number of nitroso groups, excluding NO2 is 1. The molecule has 1 aromatic rings. The summed E-state index contributed by atoms with van der Waals surface area (Å²) in [7, 11) is 0. The van der Waals surface area contributed by atoms with Gasteiger partial charge in [0.05, 0.1) is 17.5 Å². The molecule has 0 radical (unpaired) electrons. The highest BCUT2D eigenvalue weighted by Crippen LogP contribution is 2.12. The Bertz CT molecular complexity index is 605. The Morgan fingerprint density at radius 3 is 2.81 bits per heavy atom. The maximum absolute atomic E-state index is 11.0. The second kappa shape index (κ2) is 7.11. The summed E-state index contributed by atoms with van der Waals surface area (Å²) in [6, 6.07) is 3.24. The number of rotatable bonds is 6. The maximum atomic E-state index is 11.0. The lowest BCUT2D eigenvalue weighted by Crippen LogP contribution is -2.36. The topological polar surface area (TPSA) is 88.9 Å². The average molecular weight is 289 g/mol. The van der Waals surface area contributed by atoms with Gasteiger partial charge < -0.3 is 15.4 Å². The molecule has 0 aliphatic carbocycles. The highest BCUT2D eigenvalue weighted by molar-refractivity contribution is 5.92. The first kappa shape index (κ1) is 14.6. The molecule has 0 aromatic carbocycles. The van der Waals surface area contributed by atoms with Crippen molar-refractivity contribution in [1.29, 1.82) is 0 Å². The number of carbonyl (C=O) groups is 1. The largest absolute Gasteiger partial charge is 0.366 e. The molecule has 0 unspecified atom stereocenters. The predicted molar refractivity (Wildman–Crippen MR) is 75.1 cm³/mol. The number of amides is 1. The summed E-state index contributed by atoms with van der Waals surface area (Å²) in [6.07, 6.45) is 11.8. The number of pyridine rings is 1. The van der Waals surface area contributed by atoms with Crippen LogP contribution in [0.2, 0.25) is 0 Å². The van der Waals surface area contributed by atoms with Crippen LogP contribution in [-0.4, -0.2) is 17.5 Å². The van der Waals surface area contributed by atoms with Gasteiger partial charge in [-0.3, -0.25) is 4.79 Å². The van der Waals surface area contributed by atoms with E-state index < -0.39 is 5.91 Å². The van der Waals surface area contributed by atoms with Crippen LogP contribution in [-0.2, 0) is 11.5 Å². The SMILES string of the molecule is NC(=O)c1cc[n+](COCN2C=CC=C/C2=[14CH]\N=O)cc1. The normalized spacial score (nSPS) is 15.4. The highest BCUT2D eigenvalue weighted by Gasteiger charge is 2.09. The molecule has 0 atom stereocenters. The molecule has 1 aliphatic rings. The minimum absolute atomic E-state index is 0.271. The van der Waals surface area contributed by atoms with E-state index in [0.717, 1.165) is 0 Å². The van der Waals surface area contributed by atoms with Crippen LogP contribution in [0.5, 0.6) is 0 Å². The quantitative estimate of drug-likeness (QED) is 0.625. The van der Waals surface area contributed by atoms with Gasteiger partial charge >= 0.3 is 0 Å². The summed E-state index contributed by atoms with van der Waals surface area (Å²) < 4.78 is 7.30. The average Bonchev–Trinajstić information content (AvgIpc) is 2.50. The third kappa shape index (κ3) is 4.08. The lowest BCUT2D eigenvalue weighted by molar-refractivity contribution is -0.733. The monoisotopic (exact) mass is 289 g/mol. The Morgan fingerprint density at radius 1 is 1.38 bits per heavy atom. The van der Waals surface area contributed by atoms with E-state index in [9.17, 15) is 9.70 Å². The van der Waals surface area contributed by atoms with E-state index in [0.29, 0.717) is 18.0 Å². The number of carbonyl (C=O) groups excluding carboxylic acids is 1. The molecule has 2 heterocycles.